The van der Waals surface area contributed by atoms with Crippen LogP contribution in [0.3, 0.4) is 0 Å². The molecule has 70 valence electrons. The summed E-state index contributed by atoms with van der Waals surface area (Å²) in [6.07, 6.45) is 8.05. The lowest BCUT2D eigenvalue weighted by Gasteiger charge is -2.24. The fraction of sp³-hybridized carbons (Fsp3) is 0.778. The minimum atomic E-state index is -1.26. The van der Waals surface area contributed by atoms with Crippen LogP contribution in [-0.4, -0.2) is 9.30 Å². The molecule has 0 aliphatic heterocycles. The normalized spacial score (nSPS) is 22.7. The van der Waals surface area contributed by atoms with Gasteiger partial charge >= 0.3 is 0 Å². The van der Waals surface area contributed by atoms with Crippen LogP contribution in [0.4, 0.5) is 0 Å². The Balaban J connectivity index is 2.41. The SMILES string of the molecule is CC(C)(C=CC1CCC1)[S+](N)[O-]. The molecule has 2 N–H and O–H groups in total. The third-order valence-electron chi connectivity index (χ3n) is 2.44. The summed E-state index contributed by atoms with van der Waals surface area (Å²) in [5, 5.41) is 5.34. The summed E-state index contributed by atoms with van der Waals surface area (Å²) in [6.45, 7) is 3.80. The van der Waals surface area contributed by atoms with Gasteiger partial charge in [0.1, 0.15) is 0 Å². The predicted octanol–water partition coefficient (Wildman–Crippen LogP) is 1.74. The molecule has 0 radical (unpaired) electrons. The summed E-state index contributed by atoms with van der Waals surface area (Å²) in [4.78, 5) is 0. The second-order valence-electron chi connectivity index (χ2n) is 3.95. The van der Waals surface area contributed by atoms with Gasteiger partial charge in [-0.2, -0.15) is 5.14 Å². The number of hydrogen-bond acceptors (Lipinski definition) is 2. The lowest BCUT2D eigenvalue weighted by atomic mass is 9.85. The number of hydrogen-bond donors (Lipinski definition) is 1. The summed E-state index contributed by atoms with van der Waals surface area (Å²) < 4.78 is 10.7. The van der Waals surface area contributed by atoms with Gasteiger partial charge in [-0.05, 0) is 38.7 Å². The first-order valence-corrected chi connectivity index (χ1v) is 5.59. The zero-order valence-corrected chi connectivity index (χ0v) is 8.56. The molecule has 0 spiro atoms. The van der Waals surface area contributed by atoms with E-state index in [-0.39, 0.29) is 4.75 Å². The lowest BCUT2D eigenvalue weighted by molar-refractivity contribution is 0.386. The molecule has 1 atom stereocenters. The highest BCUT2D eigenvalue weighted by molar-refractivity contribution is 7.90. The zero-order valence-electron chi connectivity index (χ0n) is 7.75. The van der Waals surface area contributed by atoms with Crippen molar-refractivity contribution in [3.05, 3.63) is 12.2 Å². The van der Waals surface area contributed by atoms with Gasteiger partial charge in [0, 0.05) is 11.4 Å². The maximum absolute atomic E-state index is 11.0. The monoisotopic (exact) mass is 187 g/mol. The summed E-state index contributed by atoms with van der Waals surface area (Å²) in [5.41, 5.74) is 0. The number of rotatable bonds is 3. The van der Waals surface area contributed by atoms with E-state index < -0.39 is 11.4 Å². The van der Waals surface area contributed by atoms with Gasteiger partial charge in [0.15, 0.2) is 4.75 Å². The standard InChI is InChI=1S/C9H17NOS/c1-9(2,12(10)11)7-6-8-4-3-5-8/h6-8H,3-5,10H2,1-2H3. The van der Waals surface area contributed by atoms with Gasteiger partial charge in [0.05, 0.1) is 0 Å². The maximum atomic E-state index is 11.0. The molecule has 1 aliphatic carbocycles. The Hall–Kier alpha value is 0.01000. The Bertz CT molecular complexity index is 173. The highest BCUT2D eigenvalue weighted by Gasteiger charge is 2.27. The molecule has 0 aromatic carbocycles. The smallest absolute Gasteiger partial charge is 0.157 e. The van der Waals surface area contributed by atoms with Gasteiger partial charge in [0.25, 0.3) is 0 Å². The van der Waals surface area contributed by atoms with Crippen molar-refractivity contribution >= 4 is 11.4 Å². The molecule has 12 heavy (non-hydrogen) atoms. The summed E-state index contributed by atoms with van der Waals surface area (Å²) in [6, 6.07) is 0. The fourth-order valence-corrected chi connectivity index (χ4v) is 1.28. The Labute approximate surface area is 77.5 Å². The lowest BCUT2D eigenvalue weighted by Crippen LogP contribution is -2.36. The van der Waals surface area contributed by atoms with Gasteiger partial charge in [-0.1, -0.05) is 12.5 Å². The minimum Gasteiger partial charge on any atom is -0.598 e. The van der Waals surface area contributed by atoms with E-state index in [4.69, 9.17) is 5.14 Å². The molecule has 2 nitrogen and oxygen atoms in total. The van der Waals surface area contributed by atoms with Crippen LogP contribution >= 0.6 is 0 Å². The van der Waals surface area contributed by atoms with E-state index in [2.05, 4.69) is 6.08 Å². The second kappa shape index (κ2) is 3.81. The van der Waals surface area contributed by atoms with Crippen molar-refractivity contribution < 1.29 is 4.55 Å². The largest absolute Gasteiger partial charge is 0.598 e. The van der Waals surface area contributed by atoms with E-state index in [0.29, 0.717) is 5.92 Å². The summed E-state index contributed by atoms with van der Waals surface area (Å²) in [5.74, 6) is 0.716. The second-order valence-corrected chi connectivity index (χ2v) is 5.60. The average Bonchev–Trinajstić information content (AvgIpc) is 1.83. The Morgan fingerprint density at radius 1 is 1.50 bits per heavy atom. The van der Waals surface area contributed by atoms with Gasteiger partial charge in [-0.3, -0.25) is 0 Å². The van der Waals surface area contributed by atoms with Crippen molar-refractivity contribution in [3.63, 3.8) is 0 Å². The van der Waals surface area contributed by atoms with E-state index in [1.807, 2.05) is 19.9 Å². The van der Waals surface area contributed by atoms with Crippen molar-refractivity contribution in [1.29, 1.82) is 0 Å². The highest BCUT2D eigenvalue weighted by atomic mass is 32.2. The number of allylic oxidation sites excluding steroid dienone is 1. The maximum Gasteiger partial charge on any atom is 0.157 e. The molecule has 1 unspecified atom stereocenters. The van der Waals surface area contributed by atoms with Gasteiger partial charge in [-0.15, -0.1) is 0 Å². The third-order valence-corrected chi connectivity index (χ3v) is 3.61. The molecular weight excluding hydrogens is 170 g/mol. The molecule has 1 saturated carbocycles. The third kappa shape index (κ3) is 2.51. The highest BCUT2D eigenvalue weighted by Crippen LogP contribution is 2.28. The molecule has 1 fully saturated rings. The molecular formula is C9H17NOS. The Morgan fingerprint density at radius 2 is 2.08 bits per heavy atom. The molecule has 3 heteroatoms. The molecule has 0 aromatic heterocycles. The Kier molecular flexibility index (Phi) is 3.21. The van der Waals surface area contributed by atoms with E-state index in [0.717, 1.165) is 0 Å². The van der Waals surface area contributed by atoms with Crippen LogP contribution in [0.25, 0.3) is 0 Å². The van der Waals surface area contributed by atoms with Crippen LogP contribution in [-0.2, 0) is 11.4 Å². The molecule has 0 heterocycles. The van der Waals surface area contributed by atoms with E-state index in [1.165, 1.54) is 19.3 Å². The van der Waals surface area contributed by atoms with Crippen LogP contribution in [0.5, 0.6) is 0 Å². The van der Waals surface area contributed by atoms with E-state index in [1.54, 1.807) is 0 Å². The molecule has 0 aromatic rings. The van der Waals surface area contributed by atoms with Crippen LogP contribution < -0.4 is 5.14 Å². The number of nitrogens with two attached hydrogens (primary N) is 1. The van der Waals surface area contributed by atoms with Crippen molar-refractivity contribution in [2.24, 2.45) is 11.1 Å². The fourth-order valence-electron chi connectivity index (χ4n) is 1.07. The first-order chi connectivity index (χ1) is 5.52. The van der Waals surface area contributed by atoms with Crippen molar-refractivity contribution in [3.8, 4) is 0 Å². The van der Waals surface area contributed by atoms with Gasteiger partial charge < -0.3 is 4.55 Å². The first kappa shape index (κ1) is 10.1. The quantitative estimate of drug-likeness (QED) is 0.540. The molecule has 0 bridgehead atoms. The molecule has 0 amide bonds. The van der Waals surface area contributed by atoms with Crippen molar-refractivity contribution in [1.82, 2.24) is 0 Å². The van der Waals surface area contributed by atoms with Crippen LogP contribution in [0.2, 0.25) is 0 Å². The van der Waals surface area contributed by atoms with Crippen molar-refractivity contribution in [2.75, 3.05) is 0 Å². The summed E-state index contributed by atoms with van der Waals surface area (Å²) >= 11 is -1.26. The van der Waals surface area contributed by atoms with Gasteiger partial charge in [-0.25, -0.2) is 0 Å². The predicted molar refractivity (Wildman–Crippen MR) is 52.9 cm³/mol. The van der Waals surface area contributed by atoms with Crippen LogP contribution in [0.1, 0.15) is 33.1 Å². The minimum absolute atomic E-state index is 0.365. The van der Waals surface area contributed by atoms with Crippen LogP contribution in [0, 0.1) is 5.92 Å². The first-order valence-electron chi connectivity index (χ1n) is 4.38. The van der Waals surface area contributed by atoms with E-state index >= 15 is 0 Å². The molecule has 1 rings (SSSR count). The Morgan fingerprint density at radius 3 is 2.42 bits per heavy atom. The average molecular weight is 187 g/mol. The van der Waals surface area contributed by atoms with Crippen molar-refractivity contribution in [2.45, 2.75) is 37.9 Å². The topological polar surface area (TPSA) is 49.1 Å². The molecule has 1 aliphatic rings. The zero-order chi connectivity index (χ0) is 9.19. The molecule has 0 saturated heterocycles. The van der Waals surface area contributed by atoms with E-state index in [9.17, 15) is 4.55 Å². The van der Waals surface area contributed by atoms with Gasteiger partial charge in [0.2, 0.25) is 0 Å². The summed E-state index contributed by atoms with van der Waals surface area (Å²) in [7, 11) is 0. The van der Waals surface area contributed by atoms with Crippen LogP contribution in [0.15, 0.2) is 12.2 Å².